The molecule has 6 nitrogen and oxygen atoms in total. The first-order valence-electron chi connectivity index (χ1n) is 4.67. The second-order valence-corrected chi connectivity index (χ2v) is 3.31. The summed E-state index contributed by atoms with van der Waals surface area (Å²) in [7, 11) is 1.22. The van der Waals surface area contributed by atoms with Crippen LogP contribution in [0, 0.1) is 0 Å². The van der Waals surface area contributed by atoms with Crippen LogP contribution in [0.3, 0.4) is 0 Å². The van der Waals surface area contributed by atoms with Crippen LogP contribution in [0.2, 0.25) is 0 Å². The average Bonchev–Trinajstić information content (AvgIpc) is 2.21. The van der Waals surface area contributed by atoms with E-state index in [4.69, 9.17) is 5.11 Å². The minimum Gasteiger partial charge on any atom is -0.478 e. The highest BCUT2D eigenvalue weighted by Gasteiger charge is 2.18. The molecule has 1 N–H and O–H groups in total. The van der Waals surface area contributed by atoms with Gasteiger partial charge in [0.25, 0.3) is 0 Å². The number of carbonyl (C=O) groups excluding carboxylic acids is 2. The van der Waals surface area contributed by atoms with Gasteiger partial charge in [-0.1, -0.05) is 0 Å². The summed E-state index contributed by atoms with van der Waals surface area (Å²) in [6.45, 7) is 3.24. The molecule has 0 bridgehead atoms. The van der Waals surface area contributed by atoms with Gasteiger partial charge in [-0.05, 0) is 13.8 Å². The van der Waals surface area contributed by atoms with Crippen molar-refractivity contribution >= 4 is 17.8 Å². The summed E-state index contributed by atoms with van der Waals surface area (Å²) in [5.41, 5.74) is 0. The normalized spacial score (nSPS) is 10.5. The van der Waals surface area contributed by atoms with Gasteiger partial charge in [0, 0.05) is 18.2 Å². The van der Waals surface area contributed by atoms with E-state index in [1.807, 2.05) is 0 Å². The van der Waals surface area contributed by atoms with Crippen LogP contribution in [-0.4, -0.2) is 47.5 Å². The number of carboxylic acid groups (broad SMARTS) is 1. The third kappa shape index (κ3) is 5.14. The minimum absolute atomic E-state index is 0.197. The predicted octanol–water partition coefficient (Wildman–Crippen LogP) is 0.0372. The minimum atomic E-state index is -1.21. The van der Waals surface area contributed by atoms with E-state index >= 15 is 0 Å². The standard InChI is InChI=1S/C10H15NO5/c1-7(2)11(6-10(15)16-3)8(12)4-5-9(13)14/h4-5,7H,6H2,1-3H3,(H,13,14)/b5-4+. The molecular weight excluding hydrogens is 214 g/mol. The summed E-state index contributed by atoms with van der Waals surface area (Å²) in [4.78, 5) is 34.0. The molecule has 0 aliphatic rings. The number of aliphatic carboxylic acids is 1. The first-order valence-corrected chi connectivity index (χ1v) is 4.67. The van der Waals surface area contributed by atoms with Crippen molar-refractivity contribution < 1.29 is 24.2 Å². The van der Waals surface area contributed by atoms with Crippen molar-refractivity contribution in [1.82, 2.24) is 4.90 Å². The molecule has 0 fully saturated rings. The van der Waals surface area contributed by atoms with E-state index in [1.165, 1.54) is 12.0 Å². The molecule has 1 amide bonds. The Bertz CT molecular complexity index is 308. The highest BCUT2D eigenvalue weighted by molar-refractivity contribution is 5.95. The lowest BCUT2D eigenvalue weighted by atomic mass is 10.3. The van der Waals surface area contributed by atoms with Crippen molar-refractivity contribution in [3.8, 4) is 0 Å². The summed E-state index contributed by atoms with van der Waals surface area (Å²) >= 11 is 0. The predicted molar refractivity (Wildman–Crippen MR) is 55.6 cm³/mol. The number of rotatable bonds is 5. The van der Waals surface area contributed by atoms with E-state index in [0.29, 0.717) is 0 Å². The van der Waals surface area contributed by atoms with Gasteiger partial charge in [-0.3, -0.25) is 9.59 Å². The highest BCUT2D eigenvalue weighted by atomic mass is 16.5. The lowest BCUT2D eigenvalue weighted by Gasteiger charge is -2.23. The van der Waals surface area contributed by atoms with Crippen LogP contribution in [0.1, 0.15) is 13.8 Å². The molecular formula is C10H15NO5. The van der Waals surface area contributed by atoms with Crippen LogP contribution in [0.25, 0.3) is 0 Å². The molecule has 16 heavy (non-hydrogen) atoms. The SMILES string of the molecule is COC(=O)CN(C(=O)/C=C/C(=O)O)C(C)C. The summed E-state index contributed by atoms with van der Waals surface area (Å²) in [6, 6.07) is -0.218. The number of methoxy groups -OCH3 is 1. The van der Waals surface area contributed by atoms with Gasteiger partial charge in [-0.25, -0.2) is 4.79 Å². The fraction of sp³-hybridized carbons (Fsp3) is 0.500. The van der Waals surface area contributed by atoms with Crippen molar-refractivity contribution in [3.63, 3.8) is 0 Å². The summed E-state index contributed by atoms with van der Waals surface area (Å²) in [6.07, 6.45) is 1.64. The number of esters is 1. The molecule has 0 aliphatic carbocycles. The molecule has 0 aliphatic heterocycles. The first kappa shape index (κ1) is 14.2. The number of carboxylic acids is 1. The Morgan fingerprint density at radius 2 is 1.88 bits per heavy atom. The van der Waals surface area contributed by atoms with Gasteiger partial charge < -0.3 is 14.7 Å². The van der Waals surface area contributed by atoms with Crippen molar-refractivity contribution in [3.05, 3.63) is 12.2 Å². The van der Waals surface area contributed by atoms with Crippen molar-refractivity contribution in [2.24, 2.45) is 0 Å². The van der Waals surface area contributed by atoms with Gasteiger partial charge in [0.1, 0.15) is 6.54 Å². The van der Waals surface area contributed by atoms with Crippen LogP contribution in [0.15, 0.2) is 12.2 Å². The molecule has 0 unspecified atom stereocenters. The van der Waals surface area contributed by atoms with Gasteiger partial charge in [0.2, 0.25) is 5.91 Å². The molecule has 0 spiro atoms. The monoisotopic (exact) mass is 229 g/mol. The van der Waals surface area contributed by atoms with E-state index in [1.54, 1.807) is 13.8 Å². The zero-order valence-corrected chi connectivity index (χ0v) is 9.47. The van der Waals surface area contributed by atoms with Gasteiger partial charge >= 0.3 is 11.9 Å². The molecule has 0 aromatic carbocycles. The number of carbonyl (C=O) groups is 3. The third-order valence-corrected chi connectivity index (χ3v) is 1.80. The van der Waals surface area contributed by atoms with Crippen LogP contribution >= 0.6 is 0 Å². The number of hydrogen-bond donors (Lipinski definition) is 1. The maximum atomic E-state index is 11.5. The summed E-state index contributed by atoms with van der Waals surface area (Å²) in [5.74, 6) is -2.30. The second kappa shape index (κ2) is 6.60. The largest absolute Gasteiger partial charge is 0.478 e. The zero-order chi connectivity index (χ0) is 12.7. The van der Waals surface area contributed by atoms with Crippen LogP contribution in [0.4, 0.5) is 0 Å². The maximum Gasteiger partial charge on any atom is 0.328 e. The van der Waals surface area contributed by atoms with E-state index in [-0.39, 0.29) is 12.6 Å². The van der Waals surface area contributed by atoms with Crippen LogP contribution in [-0.2, 0) is 19.1 Å². The molecule has 6 heteroatoms. The fourth-order valence-corrected chi connectivity index (χ4v) is 0.957. The molecule has 0 saturated carbocycles. The average molecular weight is 229 g/mol. The summed E-state index contributed by atoms with van der Waals surface area (Å²) < 4.78 is 4.43. The molecule has 0 rings (SSSR count). The van der Waals surface area contributed by atoms with Gasteiger partial charge in [-0.2, -0.15) is 0 Å². The molecule has 0 aromatic rings. The number of ether oxygens (including phenoxy) is 1. The second-order valence-electron chi connectivity index (χ2n) is 3.31. The smallest absolute Gasteiger partial charge is 0.328 e. The lowest BCUT2D eigenvalue weighted by Crippen LogP contribution is -2.40. The van der Waals surface area contributed by atoms with Crippen molar-refractivity contribution in [2.45, 2.75) is 19.9 Å². The van der Waals surface area contributed by atoms with E-state index in [9.17, 15) is 14.4 Å². The topological polar surface area (TPSA) is 83.9 Å². The van der Waals surface area contributed by atoms with E-state index < -0.39 is 17.8 Å². The van der Waals surface area contributed by atoms with E-state index in [2.05, 4.69) is 4.74 Å². The molecule has 0 atom stereocenters. The van der Waals surface area contributed by atoms with Crippen LogP contribution < -0.4 is 0 Å². The Morgan fingerprint density at radius 1 is 1.31 bits per heavy atom. The maximum absolute atomic E-state index is 11.5. The van der Waals surface area contributed by atoms with Crippen LogP contribution in [0.5, 0.6) is 0 Å². The fourth-order valence-electron chi connectivity index (χ4n) is 0.957. The molecule has 0 radical (unpaired) electrons. The Kier molecular flexibility index (Phi) is 5.84. The molecule has 0 heterocycles. The number of hydrogen-bond acceptors (Lipinski definition) is 4. The van der Waals surface area contributed by atoms with Gasteiger partial charge in [-0.15, -0.1) is 0 Å². The van der Waals surface area contributed by atoms with E-state index in [0.717, 1.165) is 12.2 Å². The Labute approximate surface area is 93.5 Å². The molecule has 90 valence electrons. The van der Waals surface area contributed by atoms with Gasteiger partial charge in [0.05, 0.1) is 7.11 Å². The quantitative estimate of drug-likeness (QED) is 0.531. The zero-order valence-electron chi connectivity index (χ0n) is 9.47. The highest BCUT2D eigenvalue weighted by Crippen LogP contribution is 2.00. The lowest BCUT2D eigenvalue weighted by molar-refractivity contribution is -0.146. The Hall–Kier alpha value is -1.85. The number of nitrogens with zero attached hydrogens (tertiary/aromatic N) is 1. The first-order chi connectivity index (χ1) is 7.38. The Morgan fingerprint density at radius 3 is 2.25 bits per heavy atom. The van der Waals surface area contributed by atoms with Crippen molar-refractivity contribution in [2.75, 3.05) is 13.7 Å². The van der Waals surface area contributed by atoms with Crippen molar-refractivity contribution in [1.29, 1.82) is 0 Å². The Balaban J connectivity index is 4.59. The van der Waals surface area contributed by atoms with Gasteiger partial charge in [0.15, 0.2) is 0 Å². The molecule has 0 aromatic heterocycles. The third-order valence-electron chi connectivity index (χ3n) is 1.80. The summed E-state index contributed by atoms with van der Waals surface area (Å²) in [5, 5.41) is 8.36. The molecule has 0 saturated heterocycles. The number of amides is 1.